The molecule has 0 radical (unpaired) electrons. The number of quaternary nitrogens is 1. The molecule has 1 amide bonds. The van der Waals surface area contributed by atoms with E-state index in [1.807, 2.05) is 28.1 Å². The topological polar surface area (TPSA) is 125 Å². The summed E-state index contributed by atoms with van der Waals surface area (Å²) >= 11 is 0. The number of hydrogen-bond donors (Lipinski definition) is 4. The third-order valence-corrected chi connectivity index (χ3v) is 14.0. The van der Waals surface area contributed by atoms with Crippen molar-refractivity contribution in [3.8, 4) is 0 Å². The second-order valence-electron chi connectivity index (χ2n) is 20.8. The molecule has 0 saturated heterocycles. The minimum Gasteiger partial charge on any atom is -0.390 e. The summed E-state index contributed by atoms with van der Waals surface area (Å²) in [6, 6.07) is -1.06. The van der Waals surface area contributed by atoms with Crippen LogP contribution in [0, 0.1) is 0 Å². The number of hydrogen-bond acceptors (Lipinski definition) is 6. The first-order chi connectivity index (χ1) is 32.4. The summed E-state index contributed by atoms with van der Waals surface area (Å²) in [7, 11) is 1.41. The third kappa shape index (κ3) is 49.5. The van der Waals surface area contributed by atoms with E-state index in [1.54, 1.807) is 0 Å². The van der Waals surface area contributed by atoms with Crippen molar-refractivity contribution in [3.63, 3.8) is 0 Å². The van der Waals surface area contributed by atoms with Gasteiger partial charge in [-0.3, -0.25) is 13.8 Å². The standard InChI is InChI=1S/C57H111N2O7P/c1-6-8-10-12-14-16-18-20-21-22-23-24-25-26-27-28-29-30-31-32-33-34-35-36-37-38-40-42-44-46-48-50-56(61)58-54(53-66-67(63,64)65-52-51-59(3,4)5)57(62)55(60)49-47-45-43-41-39-19-17-15-13-11-9-7-2/h7,9,15,17,41,43,54-55,57,60,62H,6,8,10-14,16,18-40,42,44-53H2,1-5H3,(H-,58,61,63,64)/p+1/b9-7+,17-15+,43-41+. The van der Waals surface area contributed by atoms with Gasteiger partial charge >= 0.3 is 7.82 Å². The summed E-state index contributed by atoms with van der Waals surface area (Å²) in [6.07, 6.45) is 58.4. The molecule has 0 aliphatic rings. The van der Waals surface area contributed by atoms with E-state index in [9.17, 15) is 24.5 Å². The Morgan fingerprint density at radius 3 is 1.27 bits per heavy atom. The Morgan fingerprint density at radius 1 is 0.537 bits per heavy atom. The highest BCUT2D eigenvalue weighted by Crippen LogP contribution is 2.43. The monoisotopic (exact) mass is 968 g/mol. The molecule has 0 bridgehead atoms. The number of nitrogens with one attached hydrogen (secondary N) is 1. The van der Waals surface area contributed by atoms with Gasteiger partial charge in [-0.05, 0) is 58.3 Å². The predicted molar refractivity (Wildman–Crippen MR) is 287 cm³/mol. The fraction of sp³-hybridized carbons (Fsp3) is 0.877. The zero-order valence-electron chi connectivity index (χ0n) is 44.8. The number of unbranched alkanes of at least 4 members (excludes halogenated alkanes) is 33. The molecule has 4 atom stereocenters. The van der Waals surface area contributed by atoms with Crippen LogP contribution in [0.2, 0.25) is 0 Å². The normalized spacial score (nSPS) is 14.7. The van der Waals surface area contributed by atoms with Crippen molar-refractivity contribution in [2.45, 2.75) is 283 Å². The van der Waals surface area contributed by atoms with Crippen LogP contribution in [0.15, 0.2) is 36.5 Å². The van der Waals surface area contributed by atoms with Gasteiger partial charge in [0.25, 0.3) is 0 Å². The van der Waals surface area contributed by atoms with E-state index < -0.39 is 32.7 Å². The molecule has 0 spiro atoms. The number of nitrogens with zero attached hydrogens (tertiary/aromatic N) is 1. The molecule has 0 fully saturated rings. The molecule has 396 valence electrons. The average molecular weight is 969 g/mol. The first-order valence-electron chi connectivity index (χ1n) is 28.4. The molecule has 0 aromatic heterocycles. The number of allylic oxidation sites excluding steroid dienone is 6. The second-order valence-corrected chi connectivity index (χ2v) is 22.3. The van der Waals surface area contributed by atoms with Crippen LogP contribution in [0.5, 0.6) is 0 Å². The molecule has 0 saturated carbocycles. The van der Waals surface area contributed by atoms with Crippen molar-refractivity contribution in [1.82, 2.24) is 5.32 Å². The van der Waals surface area contributed by atoms with Crippen LogP contribution in [0.3, 0.4) is 0 Å². The zero-order valence-corrected chi connectivity index (χ0v) is 45.7. The van der Waals surface area contributed by atoms with Gasteiger partial charge in [-0.15, -0.1) is 0 Å². The lowest BCUT2D eigenvalue weighted by Gasteiger charge is -2.28. The van der Waals surface area contributed by atoms with Crippen molar-refractivity contribution in [3.05, 3.63) is 36.5 Å². The number of carbonyl (C=O) groups excluding carboxylic acids is 1. The van der Waals surface area contributed by atoms with Crippen molar-refractivity contribution < 1.29 is 38.0 Å². The van der Waals surface area contributed by atoms with E-state index in [-0.39, 0.29) is 18.9 Å². The maximum Gasteiger partial charge on any atom is 0.472 e. The first kappa shape index (κ1) is 65.7. The molecule has 0 aliphatic heterocycles. The molecule has 0 rings (SSSR count). The average Bonchev–Trinajstić information content (AvgIpc) is 3.29. The maximum absolute atomic E-state index is 13.0. The van der Waals surface area contributed by atoms with Crippen molar-refractivity contribution >= 4 is 13.7 Å². The third-order valence-electron chi connectivity index (χ3n) is 13.0. The molecule has 0 aromatic rings. The number of rotatable bonds is 52. The van der Waals surface area contributed by atoms with Crippen molar-refractivity contribution in [1.29, 1.82) is 0 Å². The Labute approximate surface area is 415 Å². The van der Waals surface area contributed by atoms with Crippen LogP contribution >= 0.6 is 7.82 Å². The van der Waals surface area contributed by atoms with E-state index in [0.29, 0.717) is 23.9 Å². The van der Waals surface area contributed by atoms with E-state index in [2.05, 4.69) is 48.7 Å². The molecular formula is C57H112N2O7P+. The molecule has 67 heavy (non-hydrogen) atoms. The summed E-state index contributed by atoms with van der Waals surface area (Å²) in [5, 5.41) is 24.7. The van der Waals surface area contributed by atoms with E-state index >= 15 is 0 Å². The van der Waals surface area contributed by atoms with Gasteiger partial charge in [0.1, 0.15) is 19.3 Å². The van der Waals surface area contributed by atoms with E-state index in [1.165, 1.54) is 180 Å². The highest BCUT2D eigenvalue weighted by Gasteiger charge is 2.31. The zero-order chi connectivity index (χ0) is 49.4. The highest BCUT2D eigenvalue weighted by molar-refractivity contribution is 7.47. The molecule has 9 nitrogen and oxygen atoms in total. The summed E-state index contributed by atoms with van der Waals surface area (Å²) < 4.78 is 23.6. The second kappa shape index (κ2) is 48.3. The highest BCUT2D eigenvalue weighted by atomic mass is 31.2. The van der Waals surface area contributed by atoms with Gasteiger partial charge in [0, 0.05) is 6.42 Å². The number of aliphatic hydroxyl groups is 2. The Bertz CT molecular complexity index is 1210. The van der Waals surface area contributed by atoms with Crippen molar-refractivity contribution in [2.75, 3.05) is 40.9 Å². The molecular weight excluding hydrogens is 856 g/mol. The SMILES string of the molecule is C/C=C/CC/C=C/CC/C=C/CCCC(O)C(O)C(COP(=O)(O)OCC[N+](C)(C)C)NC(=O)CCCCCCCCCCCCCCCCCCCCCCCCCCCCCCCCC. The smallest absolute Gasteiger partial charge is 0.390 e. The Kier molecular flexibility index (Phi) is 47.4. The maximum atomic E-state index is 13.0. The quantitative estimate of drug-likeness (QED) is 0.0207. The lowest BCUT2D eigenvalue weighted by Crippen LogP contribution is -2.51. The minimum absolute atomic E-state index is 0.0134. The van der Waals surface area contributed by atoms with Gasteiger partial charge in [-0.1, -0.05) is 236 Å². The van der Waals surface area contributed by atoms with Crippen LogP contribution in [0.4, 0.5) is 0 Å². The molecule has 0 aromatic carbocycles. The summed E-state index contributed by atoms with van der Waals surface area (Å²) in [6.45, 7) is 4.39. The van der Waals surface area contributed by atoms with E-state index in [4.69, 9.17) is 9.05 Å². The number of likely N-dealkylation sites (N-methyl/N-ethyl adjacent to an activating group) is 1. The number of aliphatic hydroxyl groups excluding tert-OH is 2. The fourth-order valence-electron chi connectivity index (χ4n) is 8.54. The summed E-state index contributed by atoms with van der Waals surface area (Å²) in [5.74, 6) is -0.271. The van der Waals surface area contributed by atoms with Gasteiger partial charge in [0.15, 0.2) is 0 Å². The number of phosphoric ester groups is 1. The van der Waals surface area contributed by atoms with Gasteiger partial charge in [-0.2, -0.15) is 0 Å². The summed E-state index contributed by atoms with van der Waals surface area (Å²) in [4.78, 5) is 23.3. The molecule has 10 heteroatoms. The largest absolute Gasteiger partial charge is 0.472 e. The van der Waals surface area contributed by atoms with Gasteiger partial charge < -0.3 is 24.9 Å². The summed E-state index contributed by atoms with van der Waals surface area (Å²) in [5.41, 5.74) is 0. The number of amides is 1. The fourth-order valence-corrected chi connectivity index (χ4v) is 9.27. The first-order valence-corrected chi connectivity index (χ1v) is 29.9. The van der Waals surface area contributed by atoms with Crippen LogP contribution in [-0.4, -0.2) is 84.6 Å². The van der Waals surface area contributed by atoms with Gasteiger partial charge in [-0.25, -0.2) is 4.57 Å². The van der Waals surface area contributed by atoms with E-state index in [0.717, 1.165) is 51.4 Å². The molecule has 4 N–H and O–H groups in total. The predicted octanol–water partition coefficient (Wildman–Crippen LogP) is 16.0. The van der Waals surface area contributed by atoms with Crippen molar-refractivity contribution in [2.24, 2.45) is 0 Å². The molecule has 0 aliphatic carbocycles. The minimum atomic E-state index is -4.43. The number of carbonyl (C=O) groups is 1. The van der Waals surface area contributed by atoms with Crippen LogP contribution in [-0.2, 0) is 18.4 Å². The van der Waals surface area contributed by atoms with Crippen LogP contribution < -0.4 is 5.32 Å². The lowest BCUT2D eigenvalue weighted by molar-refractivity contribution is -0.870. The molecule has 0 heterocycles. The Balaban J connectivity index is 4.08. The van der Waals surface area contributed by atoms with Crippen LogP contribution in [0.25, 0.3) is 0 Å². The Hall–Kier alpha value is -1.32. The lowest BCUT2D eigenvalue weighted by atomic mass is 10.0. The van der Waals surface area contributed by atoms with Crippen LogP contribution in [0.1, 0.15) is 264 Å². The molecule has 4 unspecified atom stereocenters. The number of phosphoric acid groups is 1. The van der Waals surface area contributed by atoms with Gasteiger partial charge in [0.05, 0.1) is 39.9 Å². The Morgan fingerprint density at radius 2 is 0.896 bits per heavy atom. The van der Waals surface area contributed by atoms with Gasteiger partial charge in [0.2, 0.25) is 5.91 Å².